The number of anilines is 1. The summed E-state index contributed by atoms with van der Waals surface area (Å²) in [7, 11) is 0. The summed E-state index contributed by atoms with van der Waals surface area (Å²) in [5, 5.41) is 0.365. The van der Waals surface area contributed by atoms with Gasteiger partial charge in [0, 0.05) is 10.2 Å². The van der Waals surface area contributed by atoms with Crippen molar-refractivity contribution < 1.29 is 28.2 Å². The molecule has 1 unspecified atom stereocenters. The number of unbranched alkanes of at least 4 members (excludes halogenated alkanes) is 3. The van der Waals surface area contributed by atoms with Crippen molar-refractivity contribution in [2.75, 3.05) is 24.7 Å². The summed E-state index contributed by atoms with van der Waals surface area (Å²) in [5.41, 5.74) is 1.80. The van der Waals surface area contributed by atoms with Crippen LogP contribution in [0.5, 0.6) is 11.5 Å². The van der Waals surface area contributed by atoms with Gasteiger partial charge in [-0.1, -0.05) is 55.1 Å². The normalized spacial score (nSPS) is 14.1. The van der Waals surface area contributed by atoms with Crippen LogP contribution in [0.3, 0.4) is 0 Å². The van der Waals surface area contributed by atoms with Gasteiger partial charge >= 0.3 is 5.97 Å². The van der Waals surface area contributed by atoms with Crippen LogP contribution in [-0.2, 0) is 4.74 Å². The summed E-state index contributed by atoms with van der Waals surface area (Å²) >= 11 is 3.44. The molecule has 0 N–H and O–H groups in total. The average Bonchev–Trinajstić information content (AvgIpc) is 3.32. The van der Waals surface area contributed by atoms with Crippen LogP contribution in [0.4, 0.5) is 5.69 Å². The van der Waals surface area contributed by atoms with E-state index in [0.717, 1.165) is 36.6 Å². The molecule has 2 heterocycles. The third kappa shape index (κ3) is 6.38. The first-order valence-electron chi connectivity index (χ1n) is 15.1. The number of rotatable bonds is 13. The third-order valence-electron chi connectivity index (χ3n) is 7.53. The molecule has 1 atom stereocenters. The monoisotopic (exact) mass is 661 g/mol. The van der Waals surface area contributed by atoms with Crippen molar-refractivity contribution in [3.05, 3.63) is 97.8 Å². The van der Waals surface area contributed by atoms with Crippen LogP contribution in [0, 0.1) is 0 Å². The van der Waals surface area contributed by atoms with E-state index in [9.17, 15) is 14.4 Å². The van der Waals surface area contributed by atoms with E-state index in [1.165, 1.54) is 4.90 Å². The molecule has 1 aliphatic rings. The second-order valence-electron chi connectivity index (χ2n) is 10.6. The Labute approximate surface area is 265 Å². The van der Waals surface area contributed by atoms with E-state index in [0.29, 0.717) is 59.1 Å². The van der Waals surface area contributed by atoms with E-state index in [-0.39, 0.29) is 16.8 Å². The summed E-state index contributed by atoms with van der Waals surface area (Å²) in [6.45, 7) is 7.37. The lowest BCUT2D eigenvalue weighted by Crippen LogP contribution is -2.29. The molecule has 1 aromatic heterocycles. The minimum atomic E-state index is -0.812. The molecule has 1 aliphatic heterocycles. The number of halogens is 1. The first-order valence-corrected chi connectivity index (χ1v) is 15.9. The second-order valence-corrected chi connectivity index (χ2v) is 11.5. The van der Waals surface area contributed by atoms with Gasteiger partial charge in [-0.05, 0) is 79.9 Å². The number of hydrogen-bond acceptors (Lipinski definition) is 7. The van der Waals surface area contributed by atoms with Crippen molar-refractivity contribution in [1.82, 2.24) is 0 Å². The van der Waals surface area contributed by atoms with Gasteiger partial charge in [0.05, 0.1) is 42.4 Å². The maximum Gasteiger partial charge on any atom is 0.338 e. The summed E-state index contributed by atoms with van der Waals surface area (Å²) in [4.78, 5) is 42.2. The maximum atomic E-state index is 14.1. The van der Waals surface area contributed by atoms with Crippen LogP contribution >= 0.6 is 15.9 Å². The molecule has 0 saturated carbocycles. The highest BCUT2D eigenvalue weighted by atomic mass is 79.9. The van der Waals surface area contributed by atoms with Crippen LogP contribution in [0.15, 0.2) is 74.3 Å². The number of benzene rings is 3. The van der Waals surface area contributed by atoms with Crippen LogP contribution in [-0.4, -0.2) is 31.7 Å². The molecule has 5 rings (SSSR count). The van der Waals surface area contributed by atoms with Crippen LogP contribution in [0.1, 0.15) is 91.0 Å². The Morgan fingerprint density at radius 2 is 1.64 bits per heavy atom. The van der Waals surface area contributed by atoms with Gasteiger partial charge in [-0.2, -0.15) is 0 Å². The molecule has 9 heteroatoms. The minimum absolute atomic E-state index is 0.0178. The van der Waals surface area contributed by atoms with Crippen molar-refractivity contribution in [3.63, 3.8) is 0 Å². The molecule has 0 aliphatic carbocycles. The number of hydrogen-bond donors (Lipinski definition) is 0. The maximum absolute atomic E-state index is 14.1. The van der Waals surface area contributed by atoms with E-state index in [4.69, 9.17) is 18.6 Å². The number of ether oxygens (including phenoxy) is 3. The molecule has 1 amide bonds. The van der Waals surface area contributed by atoms with Crippen molar-refractivity contribution >= 4 is 44.5 Å². The summed E-state index contributed by atoms with van der Waals surface area (Å²) < 4.78 is 24.2. The Kier molecular flexibility index (Phi) is 10.0. The SMILES string of the molecule is CCCCCOc1ccc(C2c3c(oc4ccc(Br)cc4c3=O)C(=O)N2c2ccc(C(=O)OCCCC)cc2)cc1OCC. The zero-order valence-electron chi connectivity index (χ0n) is 25.2. The van der Waals surface area contributed by atoms with E-state index in [1.54, 1.807) is 42.5 Å². The topological polar surface area (TPSA) is 95.3 Å². The predicted octanol–water partition coefficient (Wildman–Crippen LogP) is 8.23. The highest BCUT2D eigenvalue weighted by molar-refractivity contribution is 9.10. The van der Waals surface area contributed by atoms with Crippen LogP contribution < -0.4 is 19.8 Å². The second kappa shape index (κ2) is 14.1. The molecule has 0 saturated heterocycles. The molecule has 44 heavy (non-hydrogen) atoms. The van der Waals surface area contributed by atoms with Gasteiger partial charge in [-0.15, -0.1) is 0 Å². The van der Waals surface area contributed by atoms with Gasteiger partial charge in [-0.25, -0.2) is 4.79 Å². The molecular formula is C35H36BrNO7. The Hall–Kier alpha value is -4.11. The molecule has 0 spiro atoms. The Bertz CT molecular complexity index is 1710. The Morgan fingerprint density at radius 3 is 2.36 bits per heavy atom. The third-order valence-corrected chi connectivity index (χ3v) is 8.03. The molecule has 0 radical (unpaired) electrons. The van der Waals surface area contributed by atoms with Gasteiger partial charge in [0.2, 0.25) is 5.76 Å². The molecule has 230 valence electrons. The number of carbonyl (C=O) groups excluding carboxylic acids is 2. The molecule has 3 aromatic carbocycles. The molecular weight excluding hydrogens is 626 g/mol. The van der Waals surface area contributed by atoms with Gasteiger partial charge < -0.3 is 18.6 Å². The summed E-state index contributed by atoms with van der Waals surface area (Å²) in [6.07, 6.45) is 4.77. The van der Waals surface area contributed by atoms with E-state index < -0.39 is 17.9 Å². The molecule has 0 fully saturated rings. The Balaban J connectivity index is 1.60. The standard InChI is InChI=1S/C35H36BrNO7/c1-4-7-9-19-42-28-16-12-23(20-29(28)41-6-3)31-30-32(38)26-21-24(36)13-17-27(26)44-33(30)34(39)37(31)25-14-10-22(11-15-25)35(40)43-18-8-5-2/h10-17,20-21,31H,4-9,18-19H2,1-3H3. The van der Waals surface area contributed by atoms with Crippen LogP contribution in [0.2, 0.25) is 0 Å². The summed E-state index contributed by atoms with van der Waals surface area (Å²) in [5.74, 6) is 0.226. The fourth-order valence-electron chi connectivity index (χ4n) is 5.29. The van der Waals surface area contributed by atoms with E-state index in [2.05, 4.69) is 22.9 Å². The Morgan fingerprint density at radius 1 is 0.864 bits per heavy atom. The largest absolute Gasteiger partial charge is 0.490 e. The van der Waals surface area contributed by atoms with E-state index in [1.807, 2.05) is 32.0 Å². The lowest BCUT2D eigenvalue weighted by Gasteiger charge is -2.26. The quantitative estimate of drug-likeness (QED) is 0.105. The van der Waals surface area contributed by atoms with Gasteiger partial charge in [0.15, 0.2) is 16.9 Å². The highest BCUT2D eigenvalue weighted by Crippen LogP contribution is 2.43. The zero-order chi connectivity index (χ0) is 31.2. The van der Waals surface area contributed by atoms with Crippen molar-refractivity contribution in [3.8, 4) is 11.5 Å². The van der Waals surface area contributed by atoms with Crippen LogP contribution in [0.25, 0.3) is 11.0 Å². The smallest absolute Gasteiger partial charge is 0.338 e. The van der Waals surface area contributed by atoms with E-state index >= 15 is 0 Å². The van der Waals surface area contributed by atoms with Crippen molar-refractivity contribution in [2.45, 2.75) is 58.9 Å². The number of fused-ring (bicyclic) bond motifs is 2. The average molecular weight is 663 g/mol. The first kappa shape index (κ1) is 31.3. The predicted molar refractivity (Wildman–Crippen MR) is 173 cm³/mol. The zero-order valence-corrected chi connectivity index (χ0v) is 26.8. The summed E-state index contributed by atoms with van der Waals surface area (Å²) in [6, 6.07) is 16.4. The number of esters is 1. The first-order chi connectivity index (χ1) is 21.4. The lowest BCUT2D eigenvalue weighted by molar-refractivity contribution is 0.0499. The molecule has 0 bridgehead atoms. The number of carbonyl (C=O) groups is 2. The highest BCUT2D eigenvalue weighted by Gasteiger charge is 2.44. The molecule has 8 nitrogen and oxygen atoms in total. The number of nitrogens with zero attached hydrogens (tertiary/aromatic N) is 1. The fourth-order valence-corrected chi connectivity index (χ4v) is 5.66. The number of amides is 1. The van der Waals surface area contributed by atoms with Crippen molar-refractivity contribution in [2.24, 2.45) is 0 Å². The van der Waals surface area contributed by atoms with Gasteiger partial charge in [0.25, 0.3) is 5.91 Å². The van der Waals surface area contributed by atoms with Gasteiger partial charge in [-0.3, -0.25) is 14.5 Å². The molecule has 4 aromatic rings. The fraction of sp³-hybridized carbons (Fsp3) is 0.343. The van der Waals surface area contributed by atoms with Gasteiger partial charge in [0.1, 0.15) is 5.58 Å². The minimum Gasteiger partial charge on any atom is -0.490 e. The van der Waals surface area contributed by atoms with Crippen molar-refractivity contribution in [1.29, 1.82) is 0 Å². The lowest BCUT2D eigenvalue weighted by atomic mass is 9.97.